The van der Waals surface area contributed by atoms with Crippen molar-refractivity contribution in [3.63, 3.8) is 0 Å². The van der Waals surface area contributed by atoms with Gasteiger partial charge < -0.3 is 29.9 Å². The van der Waals surface area contributed by atoms with Crippen molar-refractivity contribution >= 4 is 5.78 Å². The second-order valence-corrected chi connectivity index (χ2v) is 10.3. The molecule has 4 aliphatic carbocycles. The fraction of sp³-hybridized carbons (Fsp3) is 0.857. The van der Waals surface area contributed by atoms with E-state index in [1.54, 1.807) is 0 Å². The lowest BCUT2D eigenvalue weighted by atomic mass is 9.35. The molecule has 0 aromatic carbocycles. The smallest absolute Gasteiger partial charge is 0.211 e. The second-order valence-electron chi connectivity index (χ2n) is 10.3. The van der Waals surface area contributed by atoms with Crippen LogP contribution in [0.2, 0.25) is 0 Å². The number of aliphatic hydroxyl groups excluding tert-OH is 3. The van der Waals surface area contributed by atoms with E-state index in [-0.39, 0.29) is 5.57 Å². The van der Waals surface area contributed by atoms with Crippen LogP contribution in [-0.4, -0.2) is 63.7 Å². The first-order chi connectivity index (χ1) is 13.0. The van der Waals surface area contributed by atoms with Gasteiger partial charge >= 0.3 is 0 Å². The maximum absolute atomic E-state index is 13.5. The second kappa shape index (κ2) is 5.25. The van der Waals surface area contributed by atoms with Crippen molar-refractivity contribution in [2.75, 3.05) is 7.11 Å². The van der Waals surface area contributed by atoms with E-state index in [0.717, 1.165) is 0 Å². The summed E-state index contributed by atoms with van der Waals surface area (Å²) in [5, 5.41) is 45.9. The monoisotopic (exact) mass is 394 g/mol. The van der Waals surface area contributed by atoms with Gasteiger partial charge in [-0.2, -0.15) is 0 Å². The topological polar surface area (TPSA) is 116 Å². The number of Topliss-reactive ketones (excluding diaryl/α,β-unsaturated/α-hetero) is 1. The van der Waals surface area contributed by atoms with Crippen LogP contribution in [-0.2, 0) is 14.3 Å². The summed E-state index contributed by atoms with van der Waals surface area (Å²) < 4.78 is 11.6. The first-order valence-electron chi connectivity index (χ1n) is 10.2. The summed E-state index contributed by atoms with van der Waals surface area (Å²) >= 11 is 0. The molecule has 0 aromatic heterocycles. The molecule has 4 bridgehead atoms. The average molecular weight is 394 g/mol. The van der Waals surface area contributed by atoms with Crippen LogP contribution in [0.3, 0.4) is 0 Å². The minimum Gasteiger partial charge on any atom is -0.392 e. The molecule has 4 saturated carbocycles. The highest BCUT2D eigenvalue weighted by Gasteiger charge is 2.89. The summed E-state index contributed by atoms with van der Waals surface area (Å²) in [6.07, 6.45) is -2.32. The Hall–Kier alpha value is -0.830. The maximum atomic E-state index is 13.5. The molecule has 7 heteroatoms. The van der Waals surface area contributed by atoms with Crippen molar-refractivity contribution in [3.8, 4) is 0 Å². The Morgan fingerprint density at radius 2 is 1.82 bits per heavy atom. The SMILES string of the molecule is C=C1C(=O)[C@]23[C@@H](O)[C@H]1CC[C@H]2C12[C@@H](OC)O[C@]3(O)[C@@H](O)[C@@H]1C(C)(C)CC[C@@H]2O. The van der Waals surface area contributed by atoms with Gasteiger partial charge in [0, 0.05) is 18.9 Å². The van der Waals surface area contributed by atoms with Gasteiger partial charge in [-0.3, -0.25) is 4.79 Å². The molecule has 156 valence electrons. The number of ether oxygens (including phenoxy) is 2. The highest BCUT2D eigenvalue weighted by Crippen LogP contribution is 2.77. The third-order valence-corrected chi connectivity index (χ3v) is 9.12. The zero-order valence-corrected chi connectivity index (χ0v) is 16.6. The fourth-order valence-electron chi connectivity index (χ4n) is 8.19. The molecule has 10 atom stereocenters. The zero-order valence-electron chi connectivity index (χ0n) is 16.6. The third-order valence-electron chi connectivity index (χ3n) is 9.12. The molecule has 6 fully saturated rings. The predicted octanol–water partition coefficient (Wildman–Crippen LogP) is 0.348. The number of hydrogen-bond donors (Lipinski definition) is 4. The van der Waals surface area contributed by atoms with E-state index >= 15 is 0 Å². The Bertz CT molecular complexity index is 764. The molecule has 2 heterocycles. The van der Waals surface area contributed by atoms with E-state index in [2.05, 4.69) is 6.58 Å². The molecule has 28 heavy (non-hydrogen) atoms. The van der Waals surface area contributed by atoms with Gasteiger partial charge in [-0.05, 0) is 42.6 Å². The minimum absolute atomic E-state index is 0.276. The van der Waals surface area contributed by atoms with Crippen molar-refractivity contribution in [1.29, 1.82) is 0 Å². The number of rotatable bonds is 1. The van der Waals surface area contributed by atoms with Crippen LogP contribution in [0.25, 0.3) is 0 Å². The first-order valence-corrected chi connectivity index (χ1v) is 10.2. The molecular weight excluding hydrogens is 364 g/mol. The standard InChI is InChI=1S/C21H30O7/c1-9-10-5-6-11-19-12(22)7-8-18(2,3)13(19)16(25)21(26,28-17(19)27-4)20(11,14(9)23)15(10)24/h10-13,15-17,22,24-26H,1,5-8H2,2-4H3/t10-,11-,12-,13+,15-,16-,17-,19?,20-,21+/m0/s1. The van der Waals surface area contributed by atoms with Gasteiger partial charge in [-0.15, -0.1) is 0 Å². The Morgan fingerprint density at radius 3 is 2.46 bits per heavy atom. The normalized spacial score (nSPS) is 59.2. The Balaban J connectivity index is 1.85. The molecule has 4 N–H and O–H groups in total. The van der Waals surface area contributed by atoms with E-state index in [4.69, 9.17) is 9.47 Å². The van der Waals surface area contributed by atoms with E-state index in [0.29, 0.717) is 25.7 Å². The van der Waals surface area contributed by atoms with E-state index in [1.807, 2.05) is 13.8 Å². The number of ketones is 1. The summed E-state index contributed by atoms with van der Waals surface area (Å²) in [5.41, 5.74) is -2.98. The molecule has 2 saturated heterocycles. The van der Waals surface area contributed by atoms with Gasteiger partial charge in [-0.1, -0.05) is 20.4 Å². The minimum atomic E-state index is -2.30. The number of methoxy groups -OCH3 is 1. The van der Waals surface area contributed by atoms with Crippen molar-refractivity contribution < 1.29 is 34.7 Å². The highest BCUT2D eigenvalue weighted by molar-refractivity contribution is 6.05. The van der Waals surface area contributed by atoms with Gasteiger partial charge in [0.1, 0.15) is 11.5 Å². The van der Waals surface area contributed by atoms with E-state index in [9.17, 15) is 25.2 Å². The van der Waals surface area contributed by atoms with Crippen molar-refractivity contribution in [2.24, 2.45) is 34.0 Å². The molecule has 6 aliphatic rings. The van der Waals surface area contributed by atoms with Crippen LogP contribution in [0, 0.1) is 34.0 Å². The molecule has 2 aliphatic heterocycles. The molecular formula is C21H30O7. The number of fused-ring (bicyclic) bond motifs is 2. The molecule has 0 radical (unpaired) electrons. The molecule has 0 amide bonds. The van der Waals surface area contributed by atoms with E-state index < -0.39 is 70.2 Å². The van der Waals surface area contributed by atoms with Crippen LogP contribution < -0.4 is 0 Å². The molecule has 6 rings (SSSR count). The van der Waals surface area contributed by atoms with Gasteiger partial charge in [0.15, 0.2) is 12.1 Å². The van der Waals surface area contributed by atoms with Crippen molar-refractivity contribution in [1.82, 2.24) is 0 Å². The third kappa shape index (κ3) is 1.59. The van der Waals surface area contributed by atoms with Gasteiger partial charge in [-0.25, -0.2) is 0 Å². The summed E-state index contributed by atoms with van der Waals surface area (Å²) in [5.74, 6) is -4.34. The molecule has 1 unspecified atom stereocenters. The lowest BCUT2D eigenvalue weighted by molar-refractivity contribution is -0.509. The van der Waals surface area contributed by atoms with Gasteiger partial charge in [0.05, 0.1) is 17.6 Å². The van der Waals surface area contributed by atoms with Crippen LogP contribution in [0.4, 0.5) is 0 Å². The van der Waals surface area contributed by atoms with Crippen molar-refractivity contribution in [2.45, 2.75) is 69.9 Å². The molecule has 7 nitrogen and oxygen atoms in total. The van der Waals surface area contributed by atoms with Gasteiger partial charge in [0.25, 0.3) is 0 Å². The van der Waals surface area contributed by atoms with Crippen molar-refractivity contribution in [3.05, 3.63) is 12.2 Å². The lowest BCUT2D eigenvalue weighted by Gasteiger charge is -2.76. The highest BCUT2D eigenvalue weighted by atomic mass is 16.8. The van der Waals surface area contributed by atoms with Gasteiger partial charge in [0.2, 0.25) is 5.79 Å². The predicted molar refractivity (Wildman–Crippen MR) is 96.6 cm³/mol. The van der Waals surface area contributed by atoms with Crippen LogP contribution in [0.15, 0.2) is 12.2 Å². The fourth-order valence-corrected chi connectivity index (χ4v) is 8.19. The summed E-state index contributed by atoms with van der Waals surface area (Å²) in [6.45, 7) is 7.91. The van der Waals surface area contributed by atoms with Crippen LogP contribution in [0.1, 0.15) is 39.5 Å². The number of carbonyl (C=O) groups is 1. The quantitative estimate of drug-likeness (QED) is 0.474. The van der Waals surface area contributed by atoms with Crippen LogP contribution in [0.5, 0.6) is 0 Å². The van der Waals surface area contributed by atoms with E-state index in [1.165, 1.54) is 7.11 Å². The first kappa shape index (κ1) is 19.2. The zero-order chi connectivity index (χ0) is 20.4. The number of hydrogen-bond acceptors (Lipinski definition) is 7. The Morgan fingerprint density at radius 1 is 1.14 bits per heavy atom. The maximum Gasteiger partial charge on any atom is 0.211 e. The summed E-state index contributed by atoms with van der Waals surface area (Å²) in [4.78, 5) is 13.5. The Kier molecular flexibility index (Phi) is 3.59. The summed E-state index contributed by atoms with van der Waals surface area (Å²) in [6, 6.07) is 0. The lowest BCUT2D eigenvalue weighted by Crippen LogP contribution is -2.87. The Labute approximate surface area is 164 Å². The molecule has 0 aromatic rings. The number of carbonyl (C=O) groups excluding carboxylic acids is 1. The molecule has 2 spiro atoms. The largest absolute Gasteiger partial charge is 0.392 e. The average Bonchev–Trinajstić information content (AvgIpc) is 2.75. The number of aliphatic hydroxyl groups is 4. The van der Waals surface area contributed by atoms with Crippen LogP contribution >= 0.6 is 0 Å². The summed E-state index contributed by atoms with van der Waals surface area (Å²) in [7, 11) is 1.45.